The highest BCUT2D eigenvalue weighted by atomic mass is 19.4. The molecule has 130 valence electrons. The fraction of sp³-hybridized carbons (Fsp3) is 0.312. The van der Waals surface area contributed by atoms with Crippen molar-refractivity contribution in [2.45, 2.75) is 19.5 Å². The van der Waals surface area contributed by atoms with Gasteiger partial charge in [0, 0.05) is 36.5 Å². The van der Waals surface area contributed by atoms with Gasteiger partial charge in [-0.2, -0.15) is 13.2 Å². The van der Waals surface area contributed by atoms with Crippen molar-refractivity contribution in [3.8, 4) is 5.75 Å². The van der Waals surface area contributed by atoms with E-state index < -0.39 is 23.4 Å². The number of hydrogen-bond acceptors (Lipinski definition) is 3. The zero-order chi connectivity index (χ0) is 17.9. The van der Waals surface area contributed by atoms with Crippen molar-refractivity contribution in [1.29, 1.82) is 0 Å². The van der Waals surface area contributed by atoms with E-state index in [1.54, 1.807) is 0 Å². The van der Waals surface area contributed by atoms with Gasteiger partial charge in [0.15, 0.2) is 11.6 Å². The minimum absolute atomic E-state index is 0.0601. The first-order valence-electron chi connectivity index (χ1n) is 7.02. The predicted molar refractivity (Wildman–Crippen MR) is 79.1 cm³/mol. The largest absolute Gasteiger partial charge is 0.493 e. The standard InChI is InChI=1S/C16H15F5N2O/c1-9-12(17)7-13(14(18)15(9)24-2)22-6-5-11-4-3-10(8-23-11)16(19,20)21/h3-4,7-8,22H,5-6H2,1-2H3. The van der Waals surface area contributed by atoms with Crippen molar-refractivity contribution in [3.63, 3.8) is 0 Å². The first-order chi connectivity index (χ1) is 11.2. The maximum atomic E-state index is 14.1. The van der Waals surface area contributed by atoms with E-state index in [1.165, 1.54) is 20.1 Å². The molecule has 0 spiro atoms. The summed E-state index contributed by atoms with van der Waals surface area (Å²) in [7, 11) is 1.24. The second-order valence-corrected chi connectivity index (χ2v) is 5.09. The number of halogens is 5. The molecule has 0 aliphatic heterocycles. The molecule has 3 nitrogen and oxygen atoms in total. The lowest BCUT2D eigenvalue weighted by molar-refractivity contribution is -0.137. The van der Waals surface area contributed by atoms with Crippen LogP contribution < -0.4 is 10.1 Å². The summed E-state index contributed by atoms with van der Waals surface area (Å²) in [5.74, 6) is -1.54. The average molecular weight is 346 g/mol. The Morgan fingerprint density at radius 2 is 1.92 bits per heavy atom. The molecule has 24 heavy (non-hydrogen) atoms. The Morgan fingerprint density at radius 1 is 1.21 bits per heavy atom. The number of aromatic nitrogens is 1. The fourth-order valence-electron chi connectivity index (χ4n) is 2.13. The Hall–Kier alpha value is -2.38. The highest BCUT2D eigenvalue weighted by Crippen LogP contribution is 2.31. The van der Waals surface area contributed by atoms with Gasteiger partial charge in [0.1, 0.15) is 5.82 Å². The van der Waals surface area contributed by atoms with Crippen molar-refractivity contribution in [1.82, 2.24) is 4.98 Å². The van der Waals surface area contributed by atoms with Crippen LogP contribution in [-0.4, -0.2) is 18.6 Å². The number of anilines is 1. The molecule has 8 heteroatoms. The van der Waals surface area contributed by atoms with Crippen LogP contribution in [0.3, 0.4) is 0 Å². The SMILES string of the molecule is COc1c(C)c(F)cc(NCCc2ccc(C(F)(F)F)cn2)c1F. The summed E-state index contributed by atoms with van der Waals surface area (Å²) in [6.07, 6.45) is -3.46. The Kier molecular flexibility index (Phi) is 5.26. The van der Waals surface area contributed by atoms with E-state index in [0.29, 0.717) is 5.69 Å². The van der Waals surface area contributed by atoms with Gasteiger partial charge >= 0.3 is 6.18 Å². The van der Waals surface area contributed by atoms with Gasteiger partial charge in [0.2, 0.25) is 0 Å². The minimum Gasteiger partial charge on any atom is -0.493 e. The second kappa shape index (κ2) is 7.02. The van der Waals surface area contributed by atoms with Gasteiger partial charge in [0.25, 0.3) is 0 Å². The zero-order valence-corrected chi connectivity index (χ0v) is 13.0. The van der Waals surface area contributed by atoms with E-state index in [1.807, 2.05) is 0 Å². The van der Waals surface area contributed by atoms with Gasteiger partial charge in [-0.1, -0.05) is 0 Å². The van der Waals surface area contributed by atoms with E-state index in [-0.39, 0.29) is 30.0 Å². The smallest absolute Gasteiger partial charge is 0.417 e. The van der Waals surface area contributed by atoms with Crippen LogP contribution in [0.5, 0.6) is 5.75 Å². The summed E-state index contributed by atoms with van der Waals surface area (Å²) in [6.45, 7) is 1.56. The summed E-state index contributed by atoms with van der Waals surface area (Å²) >= 11 is 0. The predicted octanol–water partition coefficient (Wildman–Crippen LogP) is 4.35. The second-order valence-electron chi connectivity index (χ2n) is 5.09. The lowest BCUT2D eigenvalue weighted by Gasteiger charge is -2.13. The quantitative estimate of drug-likeness (QED) is 0.818. The molecule has 0 radical (unpaired) electrons. The first-order valence-corrected chi connectivity index (χ1v) is 7.02. The molecule has 1 aromatic heterocycles. The van der Waals surface area contributed by atoms with Crippen LogP contribution in [0.4, 0.5) is 27.6 Å². The number of alkyl halides is 3. The summed E-state index contributed by atoms with van der Waals surface area (Å²) in [5, 5.41) is 2.69. The van der Waals surface area contributed by atoms with E-state index >= 15 is 0 Å². The van der Waals surface area contributed by atoms with Gasteiger partial charge in [-0.25, -0.2) is 8.78 Å². The molecule has 0 saturated heterocycles. The molecule has 0 fully saturated rings. The highest BCUT2D eigenvalue weighted by molar-refractivity contribution is 5.54. The van der Waals surface area contributed by atoms with E-state index in [0.717, 1.165) is 18.3 Å². The van der Waals surface area contributed by atoms with Crippen molar-refractivity contribution in [2.24, 2.45) is 0 Å². The first kappa shape index (κ1) is 18.0. The number of methoxy groups -OCH3 is 1. The number of nitrogens with zero attached hydrogens (tertiary/aromatic N) is 1. The molecule has 1 N–H and O–H groups in total. The molecule has 2 aromatic rings. The summed E-state index contributed by atoms with van der Waals surface area (Å²) in [6, 6.07) is 3.18. The maximum absolute atomic E-state index is 14.1. The molecule has 0 unspecified atom stereocenters. The van der Waals surface area contributed by atoms with E-state index in [2.05, 4.69) is 10.3 Å². The molecule has 0 amide bonds. The van der Waals surface area contributed by atoms with Crippen LogP contribution in [0.2, 0.25) is 0 Å². The van der Waals surface area contributed by atoms with E-state index in [4.69, 9.17) is 4.74 Å². The Morgan fingerprint density at radius 3 is 2.46 bits per heavy atom. The summed E-state index contributed by atoms with van der Waals surface area (Å²) in [4.78, 5) is 3.71. The summed E-state index contributed by atoms with van der Waals surface area (Å²) < 4.78 is 70.0. The third-order valence-corrected chi connectivity index (χ3v) is 3.46. The third-order valence-electron chi connectivity index (χ3n) is 3.46. The Balaban J connectivity index is 2.03. The minimum atomic E-state index is -4.44. The molecule has 0 saturated carbocycles. The van der Waals surface area contributed by atoms with E-state index in [9.17, 15) is 22.0 Å². The number of pyridine rings is 1. The molecule has 1 aromatic carbocycles. The maximum Gasteiger partial charge on any atom is 0.417 e. The number of rotatable bonds is 5. The molecule has 0 atom stereocenters. The van der Waals surface area contributed by atoms with Gasteiger partial charge in [-0.3, -0.25) is 4.98 Å². The molecule has 0 aliphatic rings. The molecule has 0 bridgehead atoms. The van der Waals surface area contributed by atoms with Crippen molar-refractivity contribution >= 4 is 5.69 Å². The van der Waals surface area contributed by atoms with Gasteiger partial charge in [-0.15, -0.1) is 0 Å². The average Bonchev–Trinajstić information content (AvgIpc) is 2.52. The van der Waals surface area contributed by atoms with Crippen LogP contribution in [0.15, 0.2) is 24.4 Å². The molecule has 1 heterocycles. The zero-order valence-electron chi connectivity index (χ0n) is 13.0. The van der Waals surface area contributed by atoms with Gasteiger partial charge in [-0.05, 0) is 19.1 Å². The number of ether oxygens (including phenoxy) is 1. The van der Waals surface area contributed by atoms with Crippen molar-refractivity contribution < 1.29 is 26.7 Å². The Bertz CT molecular complexity index is 714. The van der Waals surface area contributed by atoms with Crippen LogP contribution in [0.25, 0.3) is 0 Å². The Labute approximate surface area is 135 Å². The summed E-state index contributed by atoms with van der Waals surface area (Å²) in [5.41, 5.74) is -0.460. The fourth-order valence-corrected chi connectivity index (χ4v) is 2.13. The molecule has 0 aliphatic carbocycles. The number of hydrogen-bond donors (Lipinski definition) is 1. The normalized spacial score (nSPS) is 11.5. The topological polar surface area (TPSA) is 34.1 Å². The highest BCUT2D eigenvalue weighted by Gasteiger charge is 2.30. The molecular weight excluding hydrogens is 331 g/mol. The lowest BCUT2D eigenvalue weighted by atomic mass is 10.1. The van der Waals surface area contributed by atoms with Crippen molar-refractivity contribution in [2.75, 3.05) is 19.0 Å². The molecule has 2 rings (SSSR count). The lowest BCUT2D eigenvalue weighted by Crippen LogP contribution is -2.10. The van der Waals surface area contributed by atoms with Crippen LogP contribution in [-0.2, 0) is 12.6 Å². The van der Waals surface area contributed by atoms with Crippen LogP contribution >= 0.6 is 0 Å². The van der Waals surface area contributed by atoms with Crippen molar-refractivity contribution in [3.05, 3.63) is 52.9 Å². The van der Waals surface area contributed by atoms with Gasteiger partial charge < -0.3 is 10.1 Å². The number of benzene rings is 1. The van der Waals surface area contributed by atoms with Gasteiger partial charge in [0.05, 0.1) is 18.4 Å². The van der Waals surface area contributed by atoms with Crippen LogP contribution in [0, 0.1) is 18.6 Å². The van der Waals surface area contributed by atoms with Crippen LogP contribution in [0.1, 0.15) is 16.8 Å². The third kappa shape index (κ3) is 3.93. The molecular formula is C16H15F5N2O. The monoisotopic (exact) mass is 346 g/mol. The number of nitrogens with one attached hydrogen (secondary N) is 1.